The van der Waals surface area contributed by atoms with E-state index in [1.165, 1.54) is 19.1 Å². The van der Waals surface area contributed by atoms with Crippen molar-refractivity contribution in [2.75, 3.05) is 20.3 Å². The minimum absolute atomic E-state index is 0.00802. The number of ether oxygens (including phenoxy) is 1. The van der Waals surface area contributed by atoms with E-state index in [9.17, 15) is 28.5 Å². The van der Waals surface area contributed by atoms with Crippen LogP contribution < -0.4 is 5.32 Å². The highest BCUT2D eigenvalue weighted by Crippen LogP contribution is 2.43. The molecule has 10 heteroatoms. The number of alkyl halides is 3. The minimum Gasteiger partial charge on any atom is -0.386 e. The van der Waals surface area contributed by atoms with Crippen LogP contribution in [0.15, 0.2) is 24.3 Å². The topological polar surface area (TPSA) is 88.4 Å². The Labute approximate surface area is 179 Å². The van der Waals surface area contributed by atoms with Gasteiger partial charge in [0.15, 0.2) is 0 Å². The number of nitrogens with zero attached hydrogens (tertiary/aromatic N) is 2. The summed E-state index contributed by atoms with van der Waals surface area (Å²) in [5.74, 6) is 0.318. The molecular formula is C21H30F3N3O4. The van der Waals surface area contributed by atoms with Gasteiger partial charge in [0.1, 0.15) is 30.1 Å². The van der Waals surface area contributed by atoms with Crippen molar-refractivity contribution < 1.29 is 33.2 Å². The summed E-state index contributed by atoms with van der Waals surface area (Å²) in [5, 5.41) is 36.2. The van der Waals surface area contributed by atoms with Crippen LogP contribution in [-0.2, 0) is 10.9 Å². The summed E-state index contributed by atoms with van der Waals surface area (Å²) in [4.78, 5) is 4.14. The van der Waals surface area contributed by atoms with Gasteiger partial charge in [-0.15, -0.1) is 0 Å². The number of hydrogen-bond acceptors (Lipinski definition) is 7. The number of aliphatic hydroxyl groups excluding tert-OH is 2. The summed E-state index contributed by atoms with van der Waals surface area (Å²) in [6, 6.07) is 4.39. The molecule has 174 valence electrons. The Kier molecular flexibility index (Phi) is 5.87. The lowest BCUT2D eigenvalue weighted by atomic mass is 9.88. The maximum absolute atomic E-state index is 12.8. The first kappa shape index (κ1) is 22.9. The number of benzene rings is 1. The van der Waals surface area contributed by atoms with Crippen LogP contribution in [0.5, 0.6) is 0 Å². The molecule has 4 N–H and O–H groups in total. The Bertz CT molecular complexity index is 791. The number of halogens is 3. The summed E-state index contributed by atoms with van der Waals surface area (Å²) in [6.07, 6.45) is -8.32. The van der Waals surface area contributed by atoms with Gasteiger partial charge in [0.2, 0.25) is 0 Å². The fourth-order valence-electron chi connectivity index (χ4n) is 5.24. The summed E-state index contributed by atoms with van der Waals surface area (Å²) in [5.41, 5.74) is -2.44. The van der Waals surface area contributed by atoms with Crippen molar-refractivity contribution >= 4 is 0 Å². The molecule has 3 saturated heterocycles. The van der Waals surface area contributed by atoms with Crippen LogP contribution >= 0.6 is 0 Å². The summed E-state index contributed by atoms with van der Waals surface area (Å²) in [6.45, 7) is 4.84. The number of rotatable bonds is 3. The zero-order chi connectivity index (χ0) is 22.7. The molecule has 3 heterocycles. The molecule has 4 rings (SSSR count). The maximum atomic E-state index is 12.8. The van der Waals surface area contributed by atoms with E-state index in [2.05, 4.69) is 17.1 Å². The van der Waals surface area contributed by atoms with Crippen LogP contribution in [0.1, 0.15) is 37.5 Å². The average Bonchev–Trinajstić information content (AvgIpc) is 3.24. The Hall–Kier alpha value is -1.27. The zero-order valence-corrected chi connectivity index (χ0v) is 17.8. The Morgan fingerprint density at radius 2 is 1.90 bits per heavy atom. The molecule has 0 radical (unpaired) electrons. The first-order chi connectivity index (χ1) is 14.4. The van der Waals surface area contributed by atoms with Gasteiger partial charge in [0, 0.05) is 25.2 Å². The van der Waals surface area contributed by atoms with Crippen molar-refractivity contribution in [2.24, 2.45) is 5.92 Å². The van der Waals surface area contributed by atoms with Crippen molar-refractivity contribution in [3.05, 3.63) is 35.4 Å². The second kappa shape index (κ2) is 7.95. The molecule has 7 nitrogen and oxygen atoms in total. The second-order valence-corrected chi connectivity index (χ2v) is 9.19. The average molecular weight is 445 g/mol. The van der Waals surface area contributed by atoms with Gasteiger partial charge < -0.3 is 25.4 Å². The van der Waals surface area contributed by atoms with Gasteiger partial charge in [-0.3, -0.25) is 9.80 Å². The van der Waals surface area contributed by atoms with Gasteiger partial charge in [-0.05, 0) is 45.0 Å². The molecule has 3 aliphatic heterocycles. The monoisotopic (exact) mass is 445 g/mol. The largest absolute Gasteiger partial charge is 0.416 e. The van der Waals surface area contributed by atoms with E-state index in [1.54, 1.807) is 0 Å². The first-order valence-electron chi connectivity index (χ1n) is 10.5. The van der Waals surface area contributed by atoms with E-state index >= 15 is 0 Å². The van der Waals surface area contributed by atoms with Gasteiger partial charge in [-0.25, -0.2) is 0 Å². The lowest BCUT2D eigenvalue weighted by Gasteiger charge is -2.45. The summed E-state index contributed by atoms with van der Waals surface area (Å²) < 4.78 is 44.5. The lowest BCUT2D eigenvalue weighted by molar-refractivity contribution is -0.147. The summed E-state index contributed by atoms with van der Waals surface area (Å²) in [7, 11) is 1.98. The van der Waals surface area contributed by atoms with E-state index < -0.39 is 41.9 Å². The van der Waals surface area contributed by atoms with Crippen LogP contribution in [0.3, 0.4) is 0 Å². The predicted octanol–water partition coefficient (Wildman–Crippen LogP) is 1.10. The molecule has 8 atom stereocenters. The van der Waals surface area contributed by atoms with Crippen molar-refractivity contribution in [1.82, 2.24) is 15.1 Å². The Morgan fingerprint density at radius 3 is 2.52 bits per heavy atom. The van der Waals surface area contributed by atoms with E-state index in [1.807, 2.05) is 11.9 Å². The second-order valence-electron chi connectivity index (χ2n) is 9.19. The molecule has 0 aromatic heterocycles. The van der Waals surface area contributed by atoms with Crippen molar-refractivity contribution in [1.29, 1.82) is 0 Å². The van der Waals surface area contributed by atoms with Crippen LogP contribution in [0.2, 0.25) is 0 Å². The van der Waals surface area contributed by atoms with Crippen molar-refractivity contribution in [3.63, 3.8) is 0 Å². The molecule has 1 aromatic rings. The molecule has 3 aliphatic rings. The van der Waals surface area contributed by atoms with E-state index in [0.29, 0.717) is 25.2 Å². The molecule has 0 aliphatic carbocycles. The number of nitrogens with one attached hydrogen (secondary N) is 1. The number of fused-ring (bicyclic) bond motifs is 1. The van der Waals surface area contributed by atoms with Crippen molar-refractivity contribution in [3.8, 4) is 0 Å². The highest BCUT2D eigenvalue weighted by atomic mass is 19.4. The van der Waals surface area contributed by atoms with E-state index in [0.717, 1.165) is 18.6 Å². The number of likely N-dealkylation sites (tertiary alicyclic amines) is 1. The van der Waals surface area contributed by atoms with E-state index in [-0.39, 0.29) is 11.7 Å². The van der Waals surface area contributed by atoms with Gasteiger partial charge in [-0.2, -0.15) is 13.2 Å². The third-order valence-corrected chi connectivity index (χ3v) is 7.12. The van der Waals surface area contributed by atoms with Crippen LogP contribution in [-0.4, -0.2) is 81.6 Å². The lowest BCUT2D eigenvalue weighted by Crippen LogP contribution is -2.62. The third kappa shape index (κ3) is 3.88. The molecule has 0 saturated carbocycles. The standard InChI is InChI=1S/C21H30F3N3O4/c1-11-14-8-9-27(18(14)26(3)10-25-11)19-16(29)20(2,30)17(31-19)15(28)12-4-6-13(7-5-12)21(22,23)24/h4-7,11,14-19,25,28-30H,8-10H2,1-3H3/t11?,14?,15-,16+,17-,18?,19-,20+/m1/s1. The molecule has 0 spiro atoms. The fourth-order valence-corrected chi connectivity index (χ4v) is 5.24. The molecule has 1 aromatic carbocycles. The van der Waals surface area contributed by atoms with E-state index in [4.69, 9.17) is 4.74 Å². The third-order valence-electron chi connectivity index (χ3n) is 7.12. The van der Waals surface area contributed by atoms with Gasteiger partial charge in [0.25, 0.3) is 0 Å². The molecular weight excluding hydrogens is 415 g/mol. The Morgan fingerprint density at radius 1 is 1.26 bits per heavy atom. The van der Waals surface area contributed by atoms with Crippen LogP contribution in [0.25, 0.3) is 0 Å². The molecule has 0 amide bonds. The molecule has 3 unspecified atom stereocenters. The van der Waals surface area contributed by atoms with Crippen LogP contribution in [0, 0.1) is 5.92 Å². The zero-order valence-electron chi connectivity index (χ0n) is 17.8. The first-order valence-corrected chi connectivity index (χ1v) is 10.5. The molecule has 31 heavy (non-hydrogen) atoms. The quantitative estimate of drug-likeness (QED) is 0.554. The fraction of sp³-hybridized carbons (Fsp3) is 0.714. The maximum Gasteiger partial charge on any atom is 0.416 e. The summed E-state index contributed by atoms with van der Waals surface area (Å²) >= 11 is 0. The number of aliphatic hydroxyl groups is 3. The SMILES string of the molecule is CC1NCN(C)C2C1CCN2[C@@H]1O[C@H]([C@H](O)c2ccc(C(F)(F)F)cc2)[C@@](C)(O)[C@H]1O. The molecule has 3 fully saturated rings. The predicted molar refractivity (Wildman–Crippen MR) is 106 cm³/mol. The van der Waals surface area contributed by atoms with Gasteiger partial charge >= 0.3 is 6.18 Å². The Balaban J connectivity index is 1.55. The van der Waals surface area contributed by atoms with Crippen molar-refractivity contribution in [2.45, 2.75) is 68.8 Å². The normalized spacial score (nSPS) is 40.8. The van der Waals surface area contributed by atoms with Crippen LogP contribution in [0.4, 0.5) is 13.2 Å². The minimum atomic E-state index is -4.48. The molecule has 0 bridgehead atoms. The highest BCUT2D eigenvalue weighted by molar-refractivity contribution is 5.28. The number of hydrogen-bond donors (Lipinski definition) is 4. The van der Waals surface area contributed by atoms with Gasteiger partial charge in [0.05, 0.1) is 11.7 Å². The smallest absolute Gasteiger partial charge is 0.386 e. The van der Waals surface area contributed by atoms with Gasteiger partial charge in [-0.1, -0.05) is 12.1 Å². The highest BCUT2D eigenvalue weighted by Gasteiger charge is 2.59.